The first-order chi connectivity index (χ1) is 16.1. The number of hydrogen-bond donors (Lipinski definition) is 1. The number of rotatable bonds is 7. The van der Waals surface area contributed by atoms with E-state index >= 15 is 8.78 Å². The van der Waals surface area contributed by atoms with E-state index in [1.165, 1.54) is 25.0 Å². The summed E-state index contributed by atoms with van der Waals surface area (Å²) in [5.74, 6) is -0.936. The van der Waals surface area contributed by atoms with E-state index in [0.29, 0.717) is 19.6 Å². The molecule has 4 nitrogen and oxygen atoms in total. The van der Waals surface area contributed by atoms with Gasteiger partial charge in [0.2, 0.25) is 0 Å². The molecule has 2 aliphatic rings. The van der Waals surface area contributed by atoms with Crippen LogP contribution < -0.4 is 4.74 Å². The van der Waals surface area contributed by atoms with Gasteiger partial charge in [-0.2, -0.15) is 0 Å². The number of likely N-dealkylation sites (tertiary alicyclic amines) is 1. The van der Waals surface area contributed by atoms with Crippen molar-refractivity contribution in [1.82, 2.24) is 14.8 Å². The topological polar surface area (TPSA) is 31.5 Å². The summed E-state index contributed by atoms with van der Waals surface area (Å²) in [6.45, 7) is 10.2. The fraction of sp³-hybridized carbons (Fsp3) is 0.407. The van der Waals surface area contributed by atoms with Gasteiger partial charge in [0.05, 0.1) is 5.56 Å². The lowest BCUT2D eigenvalue weighted by Gasteiger charge is -2.39. The maximum Gasteiger partial charge on any atom is 0.135 e. The number of halogens is 2. The fourth-order valence-electron chi connectivity index (χ4n) is 5.29. The van der Waals surface area contributed by atoms with Gasteiger partial charge in [-0.05, 0) is 50.4 Å². The minimum Gasteiger partial charge on any atom is -0.492 e. The first-order valence-corrected chi connectivity index (χ1v) is 11.9. The van der Waals surface area contributed by atoms with Crippen LogP contribution in [0.15, 0.2) is 48.7 Å². The maximum atomic E-state index is 15.5. The van der Waals surface area contributed by atoms with E-state index in [2.05, 4.69) is 22.5 Å². The van der Waals surface area contributed by atoms with Crippen LogP contribution in [0, 0.1) is 11.6 Å². The molecule has 174 valence electrons. The minimum absolute atomic E-state index is 0.0454. The molecule has 1 atom stereocenters. The number of H-pyrrole nitrogens is 1. The normalized spacial score (nSPS) is 18.6. The van der Waals surface area contributed by atoms with Gasteiger partial charge in [0.1, 0.15) is 30.0 Å². The van der Waals surface area contributed by atoms with Crippen molar-refractivity contribution in [2.45, 2.75) is 38.6 Å². The smallest absolute Gasteiger partial charge is 0.135 e. The van der Waals surface area contributed by atoms with Crippen LogP contribution in [0.1, 0.15) is 49.0 Å². The molecule has 0 unspecified atom stereocenters. The zero-order chi connectivity index (χ0) is 22.9. The van der Waals surface area contributed by atoms with Gasteiger partial charge in [0.25, 0.3) is 0 Å². The Labute approximate surface area is 193 Å². The van der Waals surface area contributed by atoms with Crippen molar-refractivity contribution in [3.63, 3.8) is 0 Å². The van der Waals surface area contributed by atoms with E-state index in [0.717, 1.165) is 53.9 Å². The Bertz CT molecular complexity index is 1140. The molecule has 33 heavy (non-hydrogen) atoms. The second-order valence-electron chi connectivity index (χ2n) is 9.03. The van der Waals surface area contributed by atoms with Gasteiger partial charge in [-0.25, -0.2) is 8.78 Å². The summed E-state index contributed by atoms with van der Waals surface area (Å²) >= 11 is 0. The third kappa shape index (κ3) is 4.12. The molecule has 2 aromatic carbocycles. The predicted molar refractivity (Wildman–Crippen MR) is 128 cm³/mol. The average Bonchev–Trinajstić information content (AvgIpc) is 3.46. The van der Waals surface area contributed by atoms with Crippen LogP contribution in [0.2, 0.25) is 0 Å². The molecule has 6 heteroatoms. The molecule has 0 bridgehead atoms. The third-order valence-electron chi connectivity index (χ3n) is 7.05. The van der Waals surface area contributed by atoms with Gasteiger partial charge in [-0.3, -0.25) is 4.90 Å². The minimum atomic E-state index is -0.591. The molecule has 1 aromatic heterocycles. The van der Waals surface area contributed by atoms with Gasteiger partial charge in [0.15, 0.2) is 0 Å². The number of hydrogen-bond acceptors (Lipinski definition) is 3. The average molecular weight is 452 g/mol. The van der Waals surface area contributed by atoms with Crippen LogP contribution in [0.3, 0.4) is 0 Å². The number of ether oxygens (including phenoxy) is 1. The molecular formula is C27H31F2N3O. The SMILES string of the molecule is C=C(CC)N1CCc2c([nH]c3ccccc23)[C@H]1c1c(F)cc(OCCN2CCCC2)cc1F. The molecular weight excluding hydrogens is 420 g/mol. The summed E-state index contributed by atoms with van der Waals surface area (Å²) in [6, 6.07) is 10.1. The second-order valence-corrected chi connectivity index (χ2v) is 9.03. The van der Waals surface area contributed by atoms with E-state index in [1.54, 1.807) is 0 Å². The molecule has 0 spiro atoms. The number of nitrogens with one attached hydrogen (secondary N) is 1. The highest BCUT2D eigenvalue weighted by Gasteiger charge is 2.35. The van der Waals surface area contributed by atoms with Crippen LogP contribution in [0.25, 0.3) is 10.9 Å². The third-order valence-corrected chi connectivity index (χ3v) is 7.05. The molecule has 1 saturated heterocycles. The van der Waals surface area contributed by atoms with E-state index < -0.39 is 17.7 Å². The Balaban J connectivity index is 1.49. The van der Waals surface area contributed by atoms with E-state index in [-0.39, 0.29) is 11.3 Å². The van der Waals surface area contributed by atoms with Crippen molar-refractivity contribution in [2.24, 2.45) is 0 Å². The van der Waals surface area contributed by atoms with Crippen LogP contribution in [-0.4, -0.2) is 47.6 Å². The van der Waals surface area contributed by atoms with Crippen molar-refractivity contribution in [1.29, 1.82) is 0 Å². The first-order valence-electron chi connectivity index (χ1n) is 11.9. The number of allylic oxidation sites excluding steroid dienone is 1. The number of aromatic amines is 1. The molecule has 5 rings (SSSR count). The largest absolute Gasteiger partial charge is 0.492 e. The summed E-state index contributed by atoms with van der Waals surface area (Å²) in [5, 5.41) is 1.11. The van der Waals surface area contributed by atoms with Gasteiger partial charge in [-0.15, -0.1) is 0 Å². The summed E-state index contributed by atoms with van der Waals surface area (Å²) < 4.78 is 36.8. The maximum absolute atomic E-state index is 15.5. The van der Waals surface area contributed by atoms with Crippen LogP contribution in [0.5, 0.6) is 5.75 Å². The summed E-state index contributed by atoms with van der Waals surface area (Å²) in [5.41, 5.74) is 3.87. The van der Waals surface area contributed by atoms with Crippen molar-refractivity contribution in [3.05, 3.63) is 77.1 Å². The van der Waals surface area contributed by atoms with Crippen molar-refractivity contribution in [3.8, 4) is 5.75 Å². The van der Waals surface area contributed by atoms with Gasteiger partial charge in [-0.1, -0.05) is 31.7 Å². The number of nitrogens with zero attached hydrogens (tertiary/aromatic N) is 2. The molecule has 0 aliphatic carbocycles. The number of fused-ring (bicyclic) bond motifs is 3. The summed E-state index contributed by atoms with van der Waals surface area (Å²) in [4.78, 5) is 7.80. The second kappa shape index (κ2) is 9.18. The monoisotopic (exact) mass is 451 g/mol. The Kier molecular flexibility index (Phi) is 6.11. The lowest BCUT2D eigenvalue weighted by atomic mass is 9.91. The number of benzene rings is 2. The van der Waals surface area contributed by atoms with E-state index in [4.69, 9.17) is 4.74 Å². The predicted octanol–water partition coefficient (Wildman–Crippen LogP) is 5.79. The molecule has 3 heterocycles. The number of aromatic nitrogens is 1. The molecule has 3 aromatic rings. The van der Waals surface area contributed by atoms with E-state index in [1.807, 2.05) is 30.0 Å². The van der Waals surface area contributed by atoms with Crippen LogP contribution in [-0.2, 0) is 6.42 Å². The number of para-hydroxylation sites is 1. The standard InChI is InChI=1S/C27H31F2N3O/c1-3-18(2)32-13-10-21-20-8-4-5-9-24(20)30-26(21)27(32)25-22(28)16-19(17-23(25)29)33-15-14-31-11-6-7-12-31/h4-5,8-9,16-17,27,30H,2-3,6-7,10-15H2,1H3/t27-/m1/s1. The Morgan fingerprint density at radius 1 is 1.12 bits per heavy atom. The highest BCUT2D eigenvalue weighted by molar-refractivity contribution is 5.85. The Morgan fingerprint density at radius 2 is 1.85 bits per heavy atom. The Hall–Kier alpha value is -2.86. The first kappa shape index (κ1) is 22.0. The lowest BCUT2D eigenvalue weighted by Crippen LogP contribution is -2.36. The van der Waals surface area contributed by atoms with Crippen molar-refractivity contribution in [2.75, 3.05) is 32.8 Å². The Morgan fingerprint density at radius 3 is 2.58 bits per heavy atom. The summed E-state index contributed by atoms with van der Waals surface area (Å²) in [6.07, 6.45) is 3.92. The molecule has 1 fully saturated rings. The molecule has 2 aliphatic heterocycles. The lowest BCUT2D eigenvalue weighted by molar-refractivity contribution is 0.234. The molecule has 0 saturated carbocycles. The molecule has 0 radical (unpaired) electrons. The van der Waals surface area contributed by atoms with Crippen molar-refractivity contribution < 1.29 is 13.5 Å². The zero-order valence-corrected chi connectivity index (χ0v) is 19.2. The van der Waals surface area contributed by atoms with Crippen LogP contribution >= 0.6 is 0 Å². The van der Waals surface area contributed by atoms with E-state index in [9.17, 15) is 0 Å². The highest BCUT2D eigenvalue weighted by atomic mass is 19.1. The van der Waals surface area contributed by atoms with Crippen molar-refractivity contribution >= 4 is 10.9 Å². The zero-order valence-electron chi connectivity index (χ0n) is 19.2. The molecule has 0 amide bonds. The summed E-state index contributed by atoms with van der Waals surface area (Å²) in [7, 11) is 0. The highest BCUT2D eigenvalue weighted by Crippen LogP contribution is 2.42. The quantitative estimate of drug-likeness (QED) is 0.493. The van der Waals surface area contributed by atoms with Gasteiger partial charge >= 0.3 is 0 Å². The van der Waals surface area contributed by atoms with Gasteiger partial charge < -0.3 is 14.6 Å². The molecule has 1 N–H and O–H groups in total. The fourth-order valence-corrected chi connectivity index (χ4v) is 5.29. The van der Waals surface area contributed by atoms with Crippen LogP contribution in [0.4, 0.5) is 8.78 Å². The van der Waals surface area contributed by atoms with Gasteiger partial charge in [0, 0.05) is 47.5 Å².